The molecule has 0 bridgehead atoms. The molecule has 0 atom stereocenters. The number of amidine groups is 1. The zero-order valence-electron chi connectivity index (χ0n) is 10.6. The van der Waals surface area contributed by atoms with Gasteiger partial charge in [0, 0.05) is 18.3 Å². The number of benzene rings is 2. The summed E-state index contributed by atoms with van der Waals surface area (Å²) < 4.78 is 0. The van der Waals surface area contributed by atoms with Gasteiger partial charge in [-0.3, -0.25) is 5.41 Å². The maximum absolute atomic E-state index is 7.63. The largest absolute Gasteiger partial charge is 0.384 e. The number of nitrogens with two attached hydrogens (primary N) is 1. The SMILES string of the molecule is Cc1cccc(N(C)c2ccccc2C(=N)N)c1. The van der Waals surface area contributed by atoms with Crippen molar-refractivity contribution in [1.29, 1.82) is 5.41 Å². The summed E-state index contributed by atoms with van der Waals surface area (Å²) >= 11 is 0. The predicted molar refractivity (Wildman–Crippen MR) is 76.7 cm³/mol. The highest BCUT2D eigenvalue weighted by Crippen LogP contribution is 2.27. The molecule has 0 aliphatic heterocycles. The third kappa shape index (κ3) is 2.35. The van der Waals surface area contributed by atoms with Gasteiger partial charge >= 0.3 is 0 Å². The van der Waals surface area contributed by atoms with Gasteiger partial charge in [0.05, 0.1) is 5.69 Å². The highest BCUT2D eigenvalue weighted by Gasteiger charge is 2.10. The summed E-state index contributed by atoms with van der Waals surface area (Å²) in [5.74, 6) is 0.0881. The van der Waals surface area contributed by atoms with Crippen LogP contribution in [0.15, 0.2) is 48.5 Å². The molecule has 0 spiro atoms. The standard InChI is InChI=1S/C15H17N3/c1-11-6-5-7-12(10-11)18(2)14-9-4-3-8-13(14)15(16)17/h3-10H,1-2H3,(H3,16,17). The number of anilines is 2. The van der Waals surface area contributed by atoms with Crippen LogP contribution in [0.4, 0.5) is 11.4 Å². The lowest BCUT2D eigenvalue weighted by atomic mass is 10.1. The number of aryl methyl sites for hydroxylation is 1. The molecular formula is C15H17N3. The van der Waals surface area contributed by atoms with Gasteiger partial charge in [-0.2, -0.15) is 0 Å². The Bertz CT molecular complexity index is 575. The normalized spacial score (nSPS) is 10.1. The Hall–Kier alpha value is -2.29. The van der Waals surface area contributed by atoms with E-state index in [9.17, 15) is 0 Å². The van der Waals surface area contributed by atoms with Crippen LogP contribution < -0.4 is 10.6 Å². The highest BCUT2D eigenvalue weighted by atomic mass is 15.1. The van der Waals surface area contributed by atoms with Gasteiger partial charge in [0.2, 0.25) is 0 Å². The number of nitrogen functional groups attached to an aromatic ring is 1. The smallest absolute Gasteiger partial charge is 0.124 e. The van der Waals surface area contributed by atoms with E-state index in [1.165, 1.54) is 5.56 Å². The summed E-state index contributed by atoms with van der Waals surface area (Å²) in [4.78, 5) is 2.05. The minimum atomic E-state index is 0.0881. The predicted octanol–water partition coefficient (Wildman–Crippen LogP) is 3.05. The van der Waals surface area contributed by atoms with Crippen molar-refractivity contribution in [3.05, 3.63) is 59.7 Å². The second kappa shape index (κ2) is 4.92. The summed E-state index contributed by atoms with van der Waals surface area (Å²) in [6.45, 7) is 2.06. The first-order valence-corrected chi connectivity index (χ1v) is 5.83. The lowest BCUT2D eigenvalue weighted by Gasteiger charge is -2.22. The molecule has 0 amide bonds. The van der Waals surface area contributed by atoms with Crippen molar-refractivity contribution in [1.82, 2.24) is 0 Å². The Morgan fingerprint density at radius 3 is 2.50 bits per heavy atom. The number of hydrogen-bond acceptors (Lipinski definition) is 2. The van der Waals surface area contributed by atoms with Crippen molar-refractivity contribution >= 4 is 17.2 Å². The first-order chi connectivity index (χ1) is 8.59. The molecule has 2 rings (SSSR count). The monoisotopic (exact) mass is 239 g/mol. The average Bonchev–Trinajstić information content (AvgIpc) is 2.38. The van der Waals surface area contributed by atoms with E-state index >= 15 is 0 Å². The molecule has 0 saturated carbocycles. The maximum atomic E-state index is 7.63. The Morgan fingerprint density at radius 2 is 1.83 bits per heavy atom. The van der Waals surface area contributed by atoms with Crippen molar-refractivity contribution < 1.29 is 0 Å². The van der Waals surface area contributed by atoms with E-state index in [2.05, 4.69) is 19.1 Å². The second-order valence-corrected chi connectivity index (χ2v) is 4.33. The molecule has 0 saturated heterocycles. The summed E-state index contributed by atoms with van der Waals surface area (Å²) in [7, 11) is 1.98. The van der Waals surface area contributed by atoms with Gasteiger partial charge < -0.3 is 10.6 Å². The van der Waals surface area contributed by atoms with Crippen molar-refractivity contribution in [2.75, 3.05) is 11.9 Å². The van der Waals surface area contributed by atoms with E-state index in [1.54, 1.807) is 0 Å². The average molecular weight is 239 g/mol. The van der Waals surface area contributed by atoms with Gasteiger partial charge in [0.1, 0.15) is 5.84 Å². The first-order valence-electron chi connectivity index (χ1n) is 5.83. The molecule has 0 radical (unpaired) electrons. The molecule has 0 fully saturated rings. The van der Waals surface area contributed by atoms with Crippen molar-refractivity contribution in [2.24, 2.45) is 5.73 Å². The molecule has 3 heteroatoms. The fourth-order valence-electron chi connectivity index (χ4n) is 1.97. The Morgan fingerprint density at radius 1 is 1.11 bits per heavy atom. The van der Waals surface area contributed by atoms with Gasteiger partial charge in [-0.15, -0.1) is 0 Å². The van der Waals surface area contributed by atoms with Gasteiger partial charge in [0.25, 0.3) is 0 Å². The van der Waals surface area contributed by atoms with Crippen molar-refractivity contribution in [3.63, 3.8) is 0 Å². The summed E-state index contributed by atoms with van der Waals surface area (Å²) in [5.41, 5.74) is 9.60. The lowest BCUT2D eigenvalue weighted by Crippen LogP contribution is -2.18. The number of nitrogens with zero attached hydrogens (tertiary/aromatic N) is 1. The third-order valence-corrected chi connectivity index (χ3v) is 2.94. The zero-order valence-corrected chi connectivity index (χ0v) is 10.6. The minimum absolute atomic E-state index is 0.0881. The van der Waals surface area contributed by atoms with E-state index in [0.29, 0.717) is 0 Å². The molecule has 0 aliphatic carbocycles. The molecule has 3 nitrogen and oxygen atoms in total. The van der Waals surface area contributed by atoms with E-state index in [1.807, 2.05) is 48.3 Å². The van der Waals surface area contributed by atoms with Crippen LogP contribution in [0.3, 0.4) is 0 Å². The number of nitrogens with one attached hydrogen (secondary N) is 1. The van der Waals surface area contributed by atoms with Crippen LogP contribution >= 0.6 is 0 Å². The van der Waals surface area contributed by atoms with E-state index in [0.717, 1.165) is 16.9 Å². The van der Waals surface area contributed by atoms with Crippen LogP contribution in [0.25, 0.3) is 0 Å². The molecule has 18 heavy (non-hydrogen) atoms. The number of para-hydroxylation sites is 1. The van der Waals surface area contributed by atoms with Gasteiger partial charge in [0.15, 0.2) is 0 Å². The Kier molecular flexibility index (Phi) is 3.33. The molecular weight excluding hydrogens is 222 g/mol. The molecule has 92 valence electrons. The van der Waals surface area contributed by atoms with Crippen LogP contribution in [-0.4, -0.2) is 12.9 Å². The van der Waals surface area contributed by atoms with Crippen LogP contribution in [0, 0.1) is 12.3 Å². The van der Waals surface area contributed by atoms with Crippen LogP contribution in [-0.2, 0) is 0 Å². The van der Waals surface area contributed by atoms with Crippen LogP contribution in [0.1, 0.15) is 11.1 Å². The Labute approximate surface area is 107 Å². The molecule has 0 aromatic heterocycles. The van der Waals surface area contributed by atoms with E-state index in [4.69, 9.17) is 11.1 Å². The molecule has 3 N–H and O–H groups in total. The summed E-state index contributed by atoms with van der Waals surface area (Å²) in [5, 5.41) is 7.63. The van der Waals surface area contributed by atoms with Crippen LogP contribution in [0.2, 0.25) is 0 Å². The number of hydrogen-bond donors (Lipinski definition) is 2. The quantitative estimate of drug-likeness (QED) is 0.639. The van der Waals surface area contributed by atoms with Crippen molar-refractivity contribution in [3.8, 4) is 0 Å². The lowest BCUT2D eigenvalue weighted by molar-refractivity contribution is 1.19. The minimum Gasteiger partial charge on any atom is -0.384 e. The van der Waals surface area contributed by atoms with Gasteiger partial charge in [-0.1, -0.05) is 24.3 Å². The number of rotatable bonds is 3. The fraction of sp³-hybridized carbons (Fsp3) is 0.133. The third-order valence-electron chi connectivity index (χ3n) is 2.94. The molecule has 0 heterocycles. The van der Waals surface area contributed by atoms with Gasteiger partial charge in [-0.25, -0.2) is 0 Å². The summed E-state index contributed by atoms with van der Waals surface area (Å²) in [6.07, 6.45) is 0. The molecule has 0 unspecified atom stereocenters. The molecule has 0 aliphatic rings. The second-order valence-electron chi connectivity index (χ2n) is 4.33. The topological polar surface area (TPSA) is 53.1 Å². The highest BCUT2D eigenvalue weighted by molar-refractivity contribution is 6.01. The zero-order chi connectivity index (χ0) is 13.1. The van der Waals surface area contributed by atoms with Crippen molar-refractivity contribution in [2.45, 2.75) is 6.92 Å². The molecule has 2 aromatic rings. The maximum Gasteiger partial charge on any atom is 0.124 e. The van der Waals surface area contributed by atoms with E-state index in [-0.39, 0.29) is 5.84 Å². The van der Waals surface area contributed by atoms with E-state index < -0.39 is 0 Å². The Balaban J connectivity index is 2.46. The van der Waals surface area contributed by atoms with Crippen LogP contribution in [0.5, 0.6) is 0 Å². The first kappa shape index (κ1) is 12.2. The summed E-state index contributed by atoms with van der Waals surface area (Å²) in [6, 6.07) is 15.9. The van der Waals surface area contributed by atoms with Gasteiger partial charge in [-0.05, 0) is 36.8 Å². The molecule has 2 aromatic carbocycles. The fourth-order valence-corrected chi connectivity index (χ4v) is 1.97.